The van der Waals surface area contributed by atoms with E-state index < -0.39 is 5.97 Å². The molecule has 0 spiro atoms. The third-order valence-electron chi connectivity index (χ3n) is 3.78. The molecule has 0 fully saturated rings. The highest BCUT2D eigenvalue weighted by molar-refractivity contribution is 5.96. The summed E-state index contributed by atoms with van der Waals surface area (Å²) < 4.78 is 10.1. The summed E-state index contributed by atoms with van der Waals surface area (Å²) in [5.74, 6) is -0.00818. The molecule has 0 N–H and O–H groups in total. The van der Waals surface area contributed by atoms with Gasteiger partial charge in [-0.3, -0.25) is 0 Å². The standard InChI is InChI=1S/C19H17NO3/c1-12-4-6-14(7-5-12)15-8-10-16(11-9-15)18-17(19(21)22-3)13(2)20-23-18/h4-11H,1-3H3. The van der Waals surface area contributed by atoms with Gasteiger partial charge in [-0.05, 0) is 25.0 Å². The Bertz CT molecular complexity index is 830. The maximum absolute atomic E-state index is 11.9. The Hall–Kier alpha value is -2.88. The lowest BCUT2D eigenvalue weighted by atomic mass is 10.0. The van der Waals surface area contributed by atoms with Crippen LogP contribution in [0.15, 0.2) is 53.1 Å². The summed E-state index contributed by atoms with van der Waals surface area (Å²) in [7, 11) is 1.35. The van der Waals surface area contributed by atoms with Crippen molar-refractivity contribution in [2.45, 2.75) is 13.8 Å². The zero-order valence-corrected chi connectivity index (χ0v) is 13.3. The third-order valence-corrected chi connectivity index (χ3v) is 3.78. The minimum absolute atomic E-state index is 0.371. The van der Waals surface area contributed by atoms with Crippen molar-refractivity contribution in [2.24, 2.45) is 0 Å². The van der Waals surface area contributed by atoms with Gasteiger partial charge in [0, 0.05) is 5.56 Å². The molecule has 1 heterocycles. The zero-order valence-electron chi connectivity index (χ0n) is 13.3. The Morgan fingerprint density at radius 1 is 0.913 bits per heavy atom. The molecule has 4 nitrogen and oxygen atoms in total. The second-order valence-electron chi connectivity index (χ2n) is 5.41. The van der Waals surface area contributed by atoms with Crippen LogP contribution in [0.25, 0.3) is 22.5 Å². The molecular formula is C19H17NO3. The molecule has 0 aliphatic rings. The topological polar surface area (TPSA) is 52.3 Å². The molecule has 0 atom stereocenters. The fourth-order valence-corrected chi connectivity index (χ4v) is 2.47. The molecule has 0 amide bonds. The van der Waals surface area contributed by atoms with Crippen molar-refractivity contribution in [3.8, 4) is 22.5 Å². The number of carbonyl (C=O) groups excluding carboxylic acids is 1. The zero-order chi connectivity index (χ0) is 16.4. The largest absolute Gasteiger partial charge is 0.465 e. The van der Waals surface area contributed by atoms with Crippen LogP contribution in [0.3, 0.4) is 0 Å². The summed E-state index contributed by atoms with van der Waals surface area (Å²) in [6.07, 6.45) is 0. The van der Waals surface area contributed by atoms with Crippen LogP contribution in [-0.2, 0) is 4.74 Å². The van der Waals surface area contributed by atoms with Crippen molar-refractivity contribution in [1.82, 2.24) is 5.16 Å². The molecule has 0 bridgehead atoms. The van der Waals surface area contributed by atoms with Gasteiger partial charge >= 0.3 is 5.97 Å². The van der Waals surface area contributed by atoms with E-state index in [1.165, 1.54) is 12.7 Å². The van der Waals surface area contributed by atoms with Gasteiger partial charge in [0.15, 0.2) is 5.76 Å². The van der Waals surface area contributed by atoms with E-state index in [9.17, 15) is 4.79 Å². The van der Waals surface area contributed by atoms with E-state index >= 15 is 0 Å². The summed E-state index contributed by atoms with van der Waals surface area (Å²) in [4.78, 5) is 11.9. The van der Waals surface area contributed by atoms with Crippen LogP contribution < -0.4 is 0 Å². The number of aromatic nitrogens is 1. The molecule has 116 valence electrons. The van der Waals surface area contributed by atoms with Crippen LogP contribution in [0.4, 0.5) is 0 Å². The second-order valence-corrected chi connectivity index (χ2v) is 5.41. The van der Waals surface area contributed by atoms with Crippen molar-refractivity contribution < 1.29 is 14.1 Å². The maximum atomic E-state index is 11.9. The van der Waals surface area contributed by atoms with Gasteiger partial charge < -0.3 is 9.26 Å². The lowest BCUT2D eigenvalue weighted by Gasteiger charge is -2.05. The molecule has 4 heteroatoms. The van der Waals surface area contributed by atoms with Crippen LogP contribution in [0.1, 0.15) is 21.6 Å². The van der Waals surface area contributed by atoms with Gasteiger partial charge in [-0.2, -0.15) is 0 Å². The first kappa shape index (κ1) is 15.0. The van der Waals surface area contributed by atoms with Gasteiger partial charge in [-0.1, -0.05) is 59.3 Å². The Morgan fingerprint density at radius 2 is 1.43 bits per heavy atom. The molecule has 0 radical (unpaired) electrons. The molecule has 2 aromatic carbocycles. The van der Waals surface area contributed by atoms with E-state index in [4.69, 9.17) is 9.26 Å². The lowest BCUT2D eigenvalue weighted by molar-refractivity contribution is 0.0600. The number of hydrogen-bond donors (Lipinski definition) is 0. The minimum atomic E-state index is -0.443. The predicted octanol–water partition coefficient (Wildman–Crippen LogP) is 4.41. The first-order valence-corrected chi connectivity index (χ1v) is 7.32. The number of ether oxygens (including phenoxy) is 1. The van der Waals surface area contributed by atoms with Crippen LogP contribution in [0.5, 0.6) is 0 Å². The van der Waals surface area contributed by atoms with Crippen molar-refractivity contribution in [2.75, 3.05) is 7.11 Å². The summed E-state index contributed by atoms with van der Waals surface area (Å²) in [6, 6.07) is 16.2. The smallest absolute Gasteiger partial charge is 0.343 e. The molecule has 0 aliphatic carbocycles. The van der Waals surface area contributed by atoms with Crippen LogP contribution in [-0.4, -0.2) is 18.2 Å². The molecule has 0 saturated carbocycles. The van der Waals surface area contributed by atoms with Gasteiger partial charge in [-0.15, -0.1) is 0 Å². The maximum Gasteiger partial charge on any atom is 0.343 e. The summed E-state index contributed by atoms with van der Waals surface area (Å²) in [5, 5.41) is 3.88. The second kappa shape index (κ2) is 6.08. The fraction of sp³-hybridized carbons (Fsp3) is 0.158. The summed E-state index contributed by atoms with van der Waals surface area (Å²) in [5.41, 5.74) is 5.16. The van der Waals surface area contributed by atoms with Gasteiger partial charge in [0.2, 0.25) is 0 Å². The molecule has 23 heavy (non-hydrogen) atoms. The van der Waals surface area contributed by atoms with E-state index in [2.05, 4.69) is 36.3 Å². The molecule has 0 aliphatic heterocycles. The molecular weight excluding hydrogens is 290 g/mol. The highest BCUT2D eigenvalue weighted by Gasteiger charge is 2.22. The first-order chi connectivity index (χ1) is 11.1. The van der Waals surface area contributed by atoms with Crippen LogP contribution in [0, 0.1) is 13.8 Å². The van der Waals surface area contributed by atoms with Gasteiger partial charge in [0.25, 0.3) is 0 Å². The number of methoxy groups -OCH3 is 1. The van der Waals surface area contributed by atoms with E-state index in [-0.39, 0.29) is 0 Å². The number of benzene rings is 2. The van der Waals surface area contributed by atoms with E-state index in [1.54, 1.807) is 6.92 Å². The Kier molecular flexibility index (Phi) is 3.98. The lowest BCUT2D eigenvalue weighted by Crippen LogP contribution is -2.03. The molecule has 0 saturated heterocycles. The molecule has 3 aromatic rings. The van der Waals surface area contributed by atoms with Crippen molar-refractivity contribution in [3.63, 3.8) is 0 Å². The number of carbonyl (C=O) groups is 1. The van der Waals surface area contributed by atoms with E-state index in [1.807, 2.05) is 24.3 Å². The SMILES string of the molecule is COC(=O)c1c(C)noc1-c1ccc(-c2ccc(C)cc2)cc1. The average Bonchev–Trinajstić information content (AvgIpc) is 2.97. The predicted molar refractivity (Wildman–Crippen MR) is 88.2 cm³/mol. The number of aryl methyl sites for hydroxylation is 2. The number of nitrogens with zero attached hydrogens (tertiary/aromatic N) is 1. The molecule has 3 rings (SSSR count). The van der Waals surface area contributed by atoms with Crippen molar-refractivity contribution >= 4 is 5.97 Å². The Morgan fingerprint density at radius 3 is 2.00 bits per heavy atom. The average molecular weight is 307 g/mol. The van der Waals surface area contributed by atoms with E-state index in [0.717, 1.165) is 16.7 Å². The summed E-state index contributed by atoms with van der Waals surface area (Å²) in [6.45, 7) is 3.79. The first-order valence-electron chi connectivity index (χ1n) is 7.32. The van der Waals surface area contributed by atoms with E-state index in [0.29, 0.717) is 17.0 Å². The van der Waals surface area contributed by atoms with Gasteiger partial charge in [0.1, 0.15) is 5.56 Å². The normalized spacial score (nSPS) is 10.6. The quantitative estimate of drug-likeness (QED) is 0.672. The number of esters is 1. The van der Waals surface area contributed by atoms with Crippen LogP contribution in [0.2, 0.25) is 0 Å². The van der Waals surface area contributed by atoms with Gasteiger partial charge in [0.05, 0.1) is 12.8 Å². The Balaban J connectivity index is 1.97. The number of hydrogen-bond acceptors (Lipinski definition) is 4. The fourth-order valence-electron chi connectivity index (χ4n) is 2.47. The highest BCUT2D eigenvalue weighted by Crippen LogP contribution is 2.29. The molecule has 0 unspecified atom stereocenters. The molecule has 1 aromatic heterocycles. The van der Waals surface area contributed by atoms with Crippen molar-refractivity contribution in [1.29, 1.82) is 0 Å². The summed E-state index contributed by atoms with van der Waals surface area (Å²) >= 11 is 0. The van der Waals surface area contributed by atoms with Crippen molar-refractivity contribution in [3.05, 3.63) is 65.4 Å². The highest BCUT2D eigenvalue weighted by atomic mass is 16.5. The Labute approximate surface area is 134 Å². The van der Waals surface area contributed by atoms with Gasteiger partial charge in [-0.25, -0.2) is 4.79 Å². The third kappa shape index (κ3) is 2.88. The minimum Gasteiger partial charge on any atom is -0.465 e. The number of rotatable bonds is 3. The van der Waals surface area contributed by atoms with Crippen LogP contribution >= 0.6 is 0 Å². The monoisotopic (exact) mass is 307 g/mol.